The van der Waals surface area contributed by atoms with E-state index in [1.165, 1.54) is 6.92 Å². The molecule has 4 aromatic rings. The Hall–Kier alpha value is -4.54. The van der Waals surface area contributed by atoms with Gasteiger partial charge in [-0.25, -0.2) is 19.9 Å². The Kier molecular flexibility index (Phi) is 6.16. The van der Waals surface area contributed by atoms with E-state index in [0.717, 1.165) is 23.1 Å². The fourth-order valence-electron chi connectivity index (χ4n) is 5.96. The summed E-state index contributed by atoms with van der Waals surface area (Å²) in [5, 5.41) is 10.8. The van der Waals surface area contributed by atoms with E-state index in [-0.39, 0.29) is 42.0 Å². The highest BCUT2D eigenvalue weighted by Gasteiger charge is 2.64. The molecule has 11 nitrogen and oxygen atoms in total. The number of fused-ring (bicyclic) bond motifs is 2. The number of hydrogen-bond acceptors (Lipinski definition) is 8. The summed E-state index contributed by atoms with van der Waals surface area (Å²) in [4.78, 5) is 58.9. The molecule has 1 saturated heterocycles. The minimum Gasteiger partial charge on any atom is -0.347 e. The number of Topliss-reactive ketones (excluding diaryl/α,β-unsaturated/α-hetero) is 1. The van der Waals surface area contributed by atoms with E-state index in [1.807, 2.05) is 19.9 Å². The van der Waals surface area contributed by atoms with Gasteiger partial charge in [0.2, 0.25) is 11.8 Å². The minimum atomic E-state index is -0.594. The molecule has 2 N–H and O–H groups in total. The molecular weight excluding hydrogens is 508 g/mol. The van der Waals surface area contributed by atoms with E-state index in [2.05, 4.69) is 42.4 Å². The second-order valence-corrected chi connectivity index (χ2v) is 11.1. The molecule has 0 spiro atoms. The zero-order valence-corrected chi connectivity index (χ0v) is 22.9. The van der Waals surface area contributed by atoms with Crippen molar-refractivity contribution in [3.63, 3.8) is 0 Å². The van der Waals surface area contributed by atoms with E-state index >= 15 is 0 Å². The molecule has 0 unspecified atom stereocenters. The average molecular weight is 539 g/mol. The number of aromatic nitrogens is 6. The molecule has 1 saturated carbocycles. The van der Waals surface area contributed by atoms with Crippen LogP contribution in [0.4, 0.5) is 0 Å². The number of ketones is 1. The van der Waals surface area contributed by atoms with Crippen LogP contribution in [-0.4, -0.2) is 64.7 Å². The summed E-state index contributed by atoms with van der Waals surface area (Å²) in [5.41, 5.74) is 3.94. The van der Waals surface area contributed by atoms with Gasteiger partial charge in [-0.1, -0.05) is 6.92 Å². The van der Waals surface area contributed by atoms with Crippen LogP contribution in [0.5, 0.6) is 0 Å². The lowest BCUT2D eigenvalue weighted by molar-refractivity contribution is -0.139. The Labute approximate surface area is 230 Å². The molecule has 1 aromatic carbocycles. The number of benzene rings is 1. The molecule has 4 heterocycles. The van der Waals surface area contributed by atoms with Crippen molar-refractivity contribution in [3.05, 3.63) is 65.4 Å². The second-order valence-electron chi connectivity index (χ2n) is 11.1. The zero-order valence-electron chi connectivity index (χ0n) is 22.9. The van der Waals surface area contributed by atoms with Crippen LogP contribution >= 0.6 is 0 Å². The summed E-state index contributed by atoms with van der Waals surface area (Å²) in [5.74, 6) is 0.573. The van der Waals surface area contributed by atoms with E-state index in [4.69, 9.17) is 0 Å². The lowest BCUT2D eigenvalue weighted by atomic mass is 9.91. The van der Waals surface area contributed by atoms with E-state index in [9.17, 15) is 14.4 Å². The van der Waals surface area contributed by atoms with Gasteiger partial charge in [-0.05, 0) is 60.9 Å². The Morgan fingerprint density at radius 1 is 1.10 bits per heavy atom. The SMILES string of the molecule is CC(=O)c1[nH]nc2c(C)cc(-c3cnc(C)nc3)c(CC(=O)N3[C@H](C(=O)NCc4ncccn4)C[C@@]4(C)C[C@@H]34)c12. The standard InChI is InChI=1S/C29H30N8O3/c1-15-8-19(18-12-32-17(3)33-13-18)20(25-26(15)35-36-27(25)16(2)38)9-24(39)37-21(10-29(4)11-22(29)37)28(40)34-14-23-30-6-5-7-31-23/h5-8,12-13,21-22H,9-11,14H2,1-4H3,(H,34,40)(H,35,36)/t21-,22+,29-/m0/s1. The van der Waals surface area contributed by atoms with Gasteiger partial charge in [-0.2, -0.15) is 5.10 Å². The third-order valence-corrected chi connectivity index (χ3v) is 8.17. The maximum atomic E-state index is 14.1. The highest BCUT2D eigenvalue weighted by Crippen LogP contribution is 2.59. The van der Waals surface area contributed by atoms with Crippen LogP contribution in [0.25, 0.3) is 22.0 Å². The molecule has 3 aromatic heterocycles. The first kappa shape index (κ1) is 25.7. The molecule has 0 radical (unpaired) electrons. The maximum Gasteiger partial charge on any atom is 0.243 e. The number of nitrogens with one attached hydrogen (secondary N) is 2. The molecule has 3 atom stereocenters. The van der Waals surface area contributed by atoms with E-state index in [0.29, 0.717) is 40.2 Å². The number of carbonyl (C=O) groups is 3. The van der Waals surface area contributed by atoms with Crippen molar-refractivity contribution in [3.8, 4) is 11.1 Å². The van der Waals surface area contributed by atoms with Crippen LogP contribution < -0.4 is 5.32 Å². The van der Waals surface area contributed by atoms with Crippen molar-refractivity contribution in [2.75, 3.05) is 0 Å². The number of amides is 2. The van der Waals surface area contributed by atoms with Gasteiger partial charge in [-0.3, -0.25) is 19.5 Å². The van der Waals surface area contributed by atoms with Crippen molar-refractivity contribution in [1.82, 2.24) is 40.3 Å². The van der Waals surface area contributed by atoms with Crippen LogP contribution in [0, 0.1) is 19.3 Å². The minimum absolute atomic E-state index is 0.00202. The van der Waals surface area contributed by atoms with Gasteiger partial charge in [0.1, 0.15) is 23.4 Å². The first-order valence-electron chi connectivity index (χ1n) is 13.3. The second kappa shape index (κ2) is 9.58. The van der Waals surface area contributed by atoms with Crippen molar-refractivity contribution in [2.45, 2.75) is 65.6 Å². The van der Waals surface area contributed by atoms with Crippen LogP contribution in [-0.2, 0) is 22.6 Å². The fraction of sp³-hybridized carbons (Fsp3) is 0.379. The van der Waals surface area contributed by atoms with Crippen molar-refractivity contribution < 1.29 is 14.4 Å². The highest BCUT2D eigenvalue weighted by atomic mass is 16.2. The number of carbonyl (C=O) groups excluding carboxylic acids is 3. The lowest BCUT2D eigenvalue weighted by Crippen LogP contribution is -2.48. The van der Waals surface area contributed by atoms with Crippen LogP contribution in [0.1, 0.15) is 60.0 Å². The number of nitrogens with zero attached hydrogens (tertiary/aromatic N) is 6. The van der Waals surface area contributed by atoms with Crippen LogP contribution in [0.15, 0.2) is 36.9 Å². The summed E-state index contributed by atoms with van der Waals surface area (Å²) in [6.45, 7) is 7.51. The molecule has 2 aliphatic rings. The zero-order chi connectivity index (χ0) is 28.2. The van der Waals surface area contributed by atoms with Crippen molar-refractivity contribution >= 4 is 28.5 Å². The smallest absolute Gasteiger partial charge is 0.243 e. The quantitative estimate of drug-likeness (QED) is 0.342. The first-order valence-corrected chi connectivity index (χ1v) is 13.3. The monoisotopic (exact) mass is 538 g/mol. The molecule has 204 valence electrons. The number of H-pyrrole nitrogens is 1. The molecule has 1 aliphatic carbocycles. The number of aromatic amines is 1. The van der Waals surface area contributed by atoms with Gasteiger partial charge in [0.05, 0.1) is 18.5 Å². The highest BCUT2D eigenvalue weighted by molar-refractivity contribution is 6.09. The van der Waals surface area contributed by atoms with Gasteiger partial charge in [0.15, 0.2) is 5.78 Å². The summed E-state index contributed by atoms with van der Waals surface area (Å²) >= 11 is 0. The third-order valence-electron chi connectivity index (χ3n) is 8.17. The molecule has 0 bridgehead atoms. The number of likely N-dealkylation sites (tertiary alicyclic amines) is 1. The number of piperidine rings is 1. The Morgan fingerprint density at radius 3 is 2.52 bits per heavy atom. The number of aryl methyl sites for hydroxylation is 2. The summed E-state index contributed by atoms with van der Waals surface area (Å²) in [6.07, 6.45) is 8.15. The van der Waals surface area contributed by atoms with Gasteiger partial charge in [0.25, 0.3) is 0 Å². The van der Waals surface area contributed by atoms with Gasteiger partial charge in [-0.15, -0.1) is 0 Å². The number of rotatable bonds is 7. The number of hydrogen-bond donors (Lipinski definition) is 2. The predicted molar refractivity (Wildman–Crippen MR) is 146 cm³/mol. The van der Waals surface area contributed by atoms with Crippen molar-refractivity contribution in [1.29, 1.82) is 0 Å². The summed E-state index contributed by atoms with van der Waals surface area (Å²) in [6, 6.07) is 3.07. The van der Waals surface area contributed by atoms with E-state index in [1.54, 1.807) is 35.8 Å². The Bertz CT molecular complexity index is 1650. The predicted octanol–water partition coefficient (Wildman–Crippen LogP) is 2.87. The van der Waals surface area contributed by atoms with Gasteiger partial charge < -0.3 is 10.2 Å². The molecular formula is C29H30N8O3. The molecule has 2 amide bonds. The average Bonchev–Trinajstić information content (AvgIpc) is 3.26. The Morgan fingerprint density at radius 2 is 1.82 bits per heavy atom. The molecule has 40 heavy (non-hydrogen) atoms. The molecule has 11 heteroatoms. The van der Waals surface area contributed by atoms with Crippen LogP contribution in [0.3, 0.4) is 0 Å². The molecule has 6 rings (SSSR count). The topological polar surface area (TPSA) is 147 Å². The Balaban J connectivity index is 1.37. The normalized spacial score (nSPS) is 21.4. The summed E-state index contributed by atoms with van der Waals surface area (Å²) in [7, 11) is 0. The van der Waals surface area contributed by atoms with Gasteiger partial charge in [0, 0.05) is 48.7 Å². The molecule has 2 fully saturated rings. The third kappa shape index (κ3) is 4.41. The van der Waals surface area contributed by atoms with Crippen LogP contribution in [0.2, 0.25) is 0 Å². The fourth-order valence-corrected chi connectivity index (χ4v) is 5.96. The van der Waals surface area contributed by atoms with E-state index < -0.39 is 6.04 Å². The first-order chi connectivity index (χ1) is 19.2. The maximum absolute atomic E-state index is 14.1. The summed E-state index contributed by atoms with van der Waals surface area (Å²) < 4.78 is 0. The van der Waals surface area contributed by atoms with Crippen molar-refractivity contribution in [2.24, 2.45) is 5.41 Å². The van der Waals surface area contributed by atoms with Gasteiger partial charge >= 0.3 is 0 Å². The molecule has 1 aliphatic heterocycles. The lowest BCUT2D eigenvalue weighted by Gasteiger charge is -2.27. The largest absolute Gasteiger partial charge is 0.347 e.